The molecule has 5 nitrogen and oxygen atoms in total. The van der Waals surface area contributed by atoms with Crippen molar-refractivity contribution in [1.29, 1.82) is 0 Å². The van der Waals surface area contributed by atoms with E-state index in [1.54, 1.807) is 24.3 Å². The van der Waals surface area contributed by atoms with Crippen LogP contribution < -0.4 is 15.4 Å². The van der Waals surface area contributed by atoms with Crippen LogP contribution in [0, 0.1) is 0 Å². The maximum Gasteiger partial charge on any atom is 0.416 e. The van der Waals surface area contributed by atoms with Crippen molar-refractivity contribution in [2.75, 3.05) is 18.5 Å². The molecule has 0 spiro atoms. The Morgan fingerprint density at radius 2 is 1.73 bits per heavy atom. The summed E-state index contributed by atoms with van der Waals surface area (Å²) in [6, 6.07) is 10.3. The highest BCUT2D eigenvalue weighted by molar-refractivity contribution is 5.89. The van der Waals surface area contributed by atoms with Gasteiger partial charge in [0.1, 0.15) is 5.75 Å². The molecule has 1 atom stereocenters. The number of benzene rings is 2. The molecular formula is C18H19F3N2O3. The number of ether oxygens (including phenoxy) is 1. The zero-order valence-electron chi connectivity index (χ0n) is 14.0. The number of carbonyl (C=O) groups is 1. The van der Waals surface area contributed by atoms with E-state index in [-0.39, 0.29) is 12.1 Å². The number of nitrogens with one attached hydrogen (secondary N) is 2. The van der Waals surface area contributed by atoms with Gasteiger partial charge in [0.2, 0.25) is 0 Å². The lowest BCUT2D eigenvalue weighted by molar-refractivity contribution is -0.137. The summed E-state index contributed by atoms with van der Waals surface area (Å²) in [7, 11) is 0. The highest BCUT2D eigenvalue weighted by atomic mass is 19.4. The van der Waals surface area contributed by atoms with E-state index in [1.807, 2.05) is 6.92 Å². The fourth-order valence-corrected chi connectivity index (χ4v) is 2.18. The Hall–Kier alpha value is -2.74. The first kappa shape index (κ1) is 19.6. The van der Waals surface area contributed by atoms with Crippen molar-refractivity contribution in [1.82, 2.24) is 5.32 Å². The summed E-state index contributed by atoms with van der Waals surface area (Å²) >= 11 is 0. The molecule has 2 aromatic rings. The summed E-state index contributed by atoms with van der Waals surface area (Å²) in [5, 5.41) is 15.0. The molecule has 0 saturated heterocycles. The van der Waals surface area contributed by atoms with Crippen LogP contribution in [0.15, 0.2) is 48.5 Å². The van der Waals surface area contributed by atoms with Crippen LogP contribution in [0.1, 0.15) is 24.2 Å². The molecule has 8 heteroatoms. The number of hydrogen-bond acceptors (Lipinski definition) is 3. The molecule has 0 saturated carbocycles. The second-order valence-corrected chi connectivity index (χ2v) is 5.43. The van der Waals surface area contributed by atoms with Gasteiger partial charge in [0.25, 0.3) is 0 Å². The van der Waals surface area contributed by atoms with E-state index in [9.17, 15) is 23.1 Å². The van der Waals surface area contributed by atoms with Gasteiger partial charge in [0, 0.05) is 12.2 Å². The quantitative estimate of drug-likeness (QED) is 0.723. The molecule has 2 rings (SSSR count). The summed E-state index contributed by atoms with van der Waals surface area (Å²) in [4.78, 5) is 11.8. The van der Waals surface area contributed by atoms with Gasteiger partial charge < -0.3 is 20.5 Å². The number of aliphatic hydroxyl groups excluding tert-OH is 1. The number of urea groups is 1. The largest absolute Gasteiger partial charge is 0.494 e. The Labute approximate surface area is 148 Å². The molecule has 0 aromatic heterocycles. The van der Waals surface area contributed by atoms with Crippen LogP contribution in [0.3, 0.4) is 0 Å². The number of amides is 2. The topological polar surface area (TPSA) is 70.6 Å². The Morgan fingerprint density at radius 3 is 2.27 bits per heavy atom. The van der Waals surface area contributed by atoms with Crippen molar-refractivity contribution < 1.29 is 27.8 Å². The molecule has 0 bridgehead atoms. The Morgan fingerprint density at radius 1 is 1.12 bits per heavy atom. The van der Waals surface area contributed by atoms with Crippen molar-refractivity contribution in [2.24, 2.45) is 0 Å². The number of halogens is 3. The molecule has 0 aliphatic carbocycles. The van der Waals surface area contributed by atoms with E-state index in [1.165, 1.54) is 12.1 Å². The first-order valence-corrected chi connectivity index (χ1v) is 7.92. The summed E-state index contributed by atoms with van der Waals surface area (Å²) in [6.07, 6.45) is -5.55. The molecule has 0 aliphatic rings. The normalized spacial score (nSPS) is 12.3. The van der Waals surface area contributed by atoms with E-state index >= 15 is 0 Å². The van der Waals surface area contributed by atoms with Gasteiger partial charge in [-0.05, 0) is 48.9 Å². The van der Waals surface area contributed by atoms with Crippen LogP contribution >= 0.6 is 0 Å². The molecular weight excluding hydrogens is 349 g/mol. The molecule has 1 unspecified atom stereocenters. The Balaban J connectivity index is 1.84. The van der Waals surface area contributed by atoms with Crippen LogP contribution in [-0.4, -0.2) is 24.3 Å². The lowest BCUT2D eigenvalue weighted by Crippen LogP contribution is -2.32. The molecule has 140 valence electrons. The molecule has 26 heavy (non-hydrogen) atoms. The highest BCUT2D eigenvalue weighted by Crippen LogP contribution is 2.29. The minimum absolute atomic E-state index is 0.145. The van der Waals surface area contributed by atoms with Gasteiger partial charge in [-0.1, -0.05) is 12.1 Å². The summed E-state index contributed by atoms with van der Waals surface area (Å²) < 4.78 is 42.8. The van der Waals surface area contributed by atoms with Gasteiger partial charge >= 0.3 is 12.2 Å². The average Bonchev–Trinajstić information content (AvgIpc) is 2.61. The van der Waals surface area contributed by atoms with Crippen LogP contribution in [0.4, 0.5) is 23.7 Å². The van der Waals surface area contributed by atoms with Crippen LogP contribution in [0.2, 0.25) is 0 Å². The van der Waals surface area contributed by atoms with Crippen molar-refractivity contribution in [2.45, 2.75) is 19.2 Å². The SMILES string of the molecule is CCOc1ccc(NC(=O)NCC(O)c2ccc(C(F)(F)F)cc2)cc1. The van der Waals surface area contributed by atoms with Gasteiger partial charge in [-0.3, -0.25) is 0 Å². The predicted octanol–water partition coefficient (Wildman–Crippen LogP) is 3.96. The molecule has 3 N–H and O–H groups in total. The van der Waals surface area contributed by atoms with Gasteiger partial charge in [-0.2, -0.15) is 13.2 Å². The molecule has 0 heterocycles. The van der Waals surface area contributed by atoms with Crippen molar-refractivity contribution in [3.05, 3.63) is 59.7 Å². The van der Waals surface area contributed by atoms with Crippen LogP contribution in [-0.2, 0) is 6.18 Å². The Kier molecular flexibility index (Phi) is 6.46. The number of carbonyl (C=O) groups excluding carboxylic acids is 1. The van der Waals surface area contributed by atoms with E-state index in [0.29, 0.717) is 18.0 Å². The number of hydrogen-bond donors (Lipinski definition) is 3. The zero-order valence-corrected chi connectivity index (χ0v) is 14.0. The van der Waals surface area contributed by atoms with Gasteiger partial charge in [0.05, 0.1) is 18.3 Å². The highest BCUT2D eigenvalue weighted by Gasteiger charge is 2.30. The molecule has 2 aromatic carbocycles. The van der Waals surface area contributed by atoms with E-state index in [4.69, 9.17) is 4.74 Å². The summed E-state index contributed by atoms with van der Waals surface area (Å²) in [6.45, 7) is 2.25. The van der Waals surface area contributed by atoms with Gasteiger partial charge in [-0.15, -0.1) is 0 Å². The van der Waals surface area contributed by atoms with Crippen molar-refractivity contribution >= 4 is 11.7 Å². The third-order valence-corrected chi connectivity index (χ3v) is 3.50. The number of aliphatic hydroxyl groups is 1. The second kappa shape index (κ2) is 8.57. The fraction of sp³-hybridized carbons (Fsp3) is 0.278. The first-order valence-electron chi connectivity index (χ1n) is 7.92. The number of alkyl halides is 3. The van der Waals surface area contributed by atoms with Crippen molar-refractivity contribution in [3.63, 3.8) is 0 Å². The van der Waals surface area contributed by atoms with Gasteiger partial charge in [-0.25, -0.2) is 4.79 Å². The minimum Gasteiger partial charge on any atom is -0.494 e. The third kappa shape index (κ3) is 5.66. The van der Waals surface area contributed by atoms with Crippen LogP contribution in [0.5, 0.6) is 5.75 Å². The lowest BCUT2D eigenvalue weighted by atomic mass is 10.1. The first-order chi connectivity index (χ1) is 12.3. The monoisotopic (exact) mass is 368 g/mol. The molecule has 2 amide bonds. The van der Waals surface area contributed by atoms with Crippen LogP contribution in [0.25, 0.3) is 0 Å². The molecule has 0 aliphatic heterocycles. The zero-order chi connectivity index (χ0) is 19.2. The number of rotatable bonds is 6. The maximum absolute atomic E-state index is 12.5. The fourth-order valence-electron chi connectivity index (χ4n) is 2.18. The number of anilines is 1. The predicted molar refractivity (Wildman–Crippen MR) is 91.0 cm³/mol. The second-order valence-electron chi connectivity index (χ2n) is 5.43. The lowest BCUT2D eigenvalue weighted by Gasteiger charge is -2.14. The smallest absolute Gasteiger partial charge is 0.416 e. The van der Waals surface area contributed by atoms with E-state index < -0.39 is 23.9 Å². The third-order valence-electron chi connectivity index (χ3n) is 3.50. The standard InChI is InChI=1S/C18H19F3N2O3/c1-2-26-15-9-7-14(8-10-15)23-17(25)22-11-16(24)12-3-5-13(6-4-12)18(19,20)21/h3-10,16,24H,2,11H2,1H3,(H2,22,23,25). The maximum atomic E-state index is 12.5. The van der Waals surface area contributed by atoms with Crippen molar-refractivity contribution in [3.8, 4) is 5.75 Å². The average molecular weight is 368 g/mol. The minimum atomic E-state index is -4.43. The molecule has 0 radical (unpaired) electrons. The molecule has 0 fully saturated rings. The van der Waals surface area contributed by atoms with Gasteiger partial charge in [0.15, 0.2) is 0 Å². The summed E-state index contributed by atoms with van der Waals surface area (Å²) in [5.41, 5.74) is 0.0176. The van der Waals surface area contributed by atoms with E-state index in [2.05, 4.69) is 10.6 Å². The Bertz CT molecular complexity index is 716. The van der Waals surface area contributed by atoms with E-state index in [0.717, 1.165) is 12.1 Å². The summed E-state index contributed by atoms with van der Waals surface area (Å²) in [5.74, 6) is 0.677.